The number of carbonyl (C=O) groups excluding carboxylic acids is 1. The first-order chi connectivity index (χ1) is 7.29. The Labute approximate surface area is 92.6 Å². The molecule has 0 aromatic carbocycles. The van der Waals surface area contributed by atoms with Crippen LogP contribution in [0.2, 0.25) is 0 Å². The summed E-state index contributed by atoms with van der Waals surface area (Å²) in [6, 6.07) is 0.254. The van der Waals surface area contributed by atoms with E-state index in [9.17, 15) is 4.79 Å². The molecule has 1 saturated heterocycles. The summed E-state index contributed by atoms with van der Waals surface area (Å²) in [4.78, 5) is 11.9. The van der Waals surface area contributed by atoms with E-state index in [4.69, 9.17) is 4.74 Å². The minimum atomic E-state index is 0.0989. The number of Topliss-reactive ketones (excluding diaryl/α,β-unsaturated/α-hetero) is 1. The standard InChI is InChI=1S/C12H23NO2/c1-3-5-6-7-12(14)10-8-15-9-11(10)13-4-2/h10-11,13H,3-9H2,1-2H3. The molecule has 2 unspecified atom stereocenters. The van der Waals surface area contributed by atoms with Crippen molar-refractivity contribution in [1.29, 1.82) is 0 Å². The van der Waals surface area contributed by atoms with E-state index in [1.54, 1.807) is 0 Å². The molecular formula is C12H23NO2. The minimum absolute atomic E-state index is 0.0989. The highest BCUT2D eigenvalue weighted by Gasteiger charge is 2.32. The van der Waals surface area contributed by atoms with E-state index < -0.39 is 0 Å². The number of unbranched alkanes of at least 4 members (excludes halogenated alkanes) is 2. The van der Waals surface area contributed by atoms with E-state index in [0.29, 0.717) is 19.0 Å². The molecule has 0 bridgehead atoms. The van der Waals surface area contributed by atoms with Crippen LogP contribution in [0.25, 0.3) is 0 Å². The van der Waals surface area contributed by atoms with Crippen LogP contribution in [0.15, 0.2) is 0 Å². The highest BCUT2D eigenvalue weighted by Crippen LogP contribution is 2.17. The summed E-state index contributed by atoms with van der Waals surface area (Å²) >= 11 is 0. The molecule has 1 aliphatic rings. The van der Waals surface area contributed by atoms with Gasteiger partial charge in [0.25, 0.3) is 0 Å². The van der Waals surface area contributed by atoms with Gasteiger partial charge in [-0.1, -0.05) is 26.7 Å². The fourth-order valence-corrected chi connectivity index (χ4v) is 2.07. The molecule has 88 valence electrons. The van der Waals surface area contributed by atoms with Crippen molar-refractivity contribution in [3.8, 4) is 0 Å². The lowest BCUT2D eigenvalue weighted by Crippen LogP contribution is -2.39. The maximum absolute atomic E-state index is 11.9. The zero-order chi connectivity index (χ0) is 11.1. The molecule has 0 saturated carbocycles. The van der Waals surface area contributed by atoms with Crippen LogP contribution in [0.4, 0.5) is 0 Å². The smallest absolute Gasteiger partial charge is 0.139 e. The Morgan fingerprint density at radius 1 is 1.33 bits per heavy atom. The topological polar surface area (TPSA) is 38.3 Å². The third-order valence-corrected chi connectivity index (χ3v) is 2.99. The summed E-state index contributed by atoms with van der Waals surface area (Å²) in [6.07, 6.45) is 4.09. The molecular weight excluding hydrogens is 190 g/mol. The van der Waals surface area contributed by atoms with E-state index in [0.717, 1.165) is 25.8 Å². The van der Waals surface area contributed by atoms with Crippen LogP contribution in [-0.4, -0.2) is 31.6 Å². The van der Waals surface area contributed by atoms with E-state index >= 15 is 0 Å². The molecule has 0 spiro atoms. The van der Waals surface area contributed by atoms with Crippen molar-refractivity contribution in [3.05, 3.63) is 0 Å². The van der Waals surface area contributed by atoms with Gasteiger partial charge in [0.05, 0.1) is 19.1 Å². The fourth-order valence-electron chi connectivity index (χ4n) is 2.07. The molecule has 3 heteroatoms. The van der Waals surface area contributed by atoms with Gasteiger partial charge < -0.3 is 10.1 Å². The molecule has 1 rings (SSSR count). The average molecular weight is 213 g/mol. The molecule has 3 nitrogen and oxygen atoms in total. The van der Waals surface area contributed by atoms with Gasteiger partial charge in [0.15, 0.2) is 0 Å². The predicted molar refractivity (Wildman–Crippen MR) is 60.9 cm³/mol. The Morgan fingerprint density at radius 3 is 2.80 bits per heavy atom. The van der Waals surface area contributed by atoms with Crippen LogP contribution < -0.4 is 5.32 Å². The molecule has 0 aromatic rings. The van der Waals surface area contributed by atoms with Crippen LogP contribution in [0.5, 0.6) is 0 Å². The van der Waals surface area contributed by atoms with Gasteiger partial charge in [0, 0.05) is 12.5 Å². The molecule has 0 radical (unpaired) electrons. The summed E-state index contributed by atoms with van der Waals surface area (Å²) in [5.74, 6) is 0.480. The van der Waals surface area contributed by atoms with Crippen molar-refractivity contribution < 1.29 is 9.53 Å². The lowest BCUT2D eigenvalue weighted by molar-refractivity contribution is -0.123. The first-order valence-corrected chi connectivity index (χ1v) is 6.13. The van der Waals surface area contributed by atoms with Gasteiger partial charge >= 0.3 is 0 Å². The molecule has 0 aliphatic carbocycles. The second-order valence-electron chi connectivity index (χ2n) is 4.23. The van der Waals surface area contributed by atoms with Gasteiger partial charge in [0.2, 0.25) is 0 Å². The van der Waals surface area contributed by atoms with Crippen molar-refractivity contribution in [2.24, 2.45) is 5.92 Å². The molecule has 1 fully saturated rings. The summed E-state index contributed by atoms with van der Waals surface area (Å²) in [5.41, 5.74) is 0. The number of likely N-dealkylation sites (N-methyl/N-ethyl adjacent to an activating group) is 1. The van der Waals surface area contributed by atoms with Crippen LogP contribution in [0.3, 0.4) is 0 Å². The summed E-state index contributed by atoms with van der Waals surface area (Å²) < 4.78 is 5.37. The van der Waals surface area contributed by atoms with Gasteiger partial charge in [-0.2, -0.15) is 0 Å². The first kappa shape index (κ1) is 12.7. The highest BCUT2D eigenvalue weighted by molar-refractivity contribution is 5.82. The fraction of sp³-hybridized carbons (Fsp3) is 0.917. The Balaban J connectivity index is 2.30. The number of rotatable bonds is 7. The number of hydrogen-bond donors (Lipinski definition) is 1. The van der Waals surface area contributed by atoms with Gasteiger partial charge in [-0.15, -0.1) is 0 Å². The minimum Gasteiger partial charge on any atom is -0.379 e. The molecule has 2 atom stereocenters. The number of carbonyl (C=O) groups is 1. The zero-order valence-electron chi connectivity index (χ0n) is 9.92. The summed E-state index contributed by atoms with van der Waals surface area (Å²) in [6.45, 7) is 6.44. The molecule has 1 aliphatic heterocycles. The van der Waals surface area contributed by atoms with Crippen molar-refractivity contribution in [2.75, 3.05) is 19.8 Å². The van der Waals surface area contributed by atoms with Gasteiger partial charge in [0.1, 0.15) is 5.78 Å². The number of ether oxygens (including phenoxy) is 1. The lowest BCUT2D eigenvalue weighted by Gasteiger charge is -2.16. The van der Waals surface area contributed by atoms with E-state index in [1.165, 1.54) is 6.42 Å². The van der Waals surface area contributed by atoms with Crippen molar-refractivity contribution in [1.82, 2.24) is 5.32 Å². The quantitative estimate of drug-likeness (QED) is 0.655. The van der Waals surface area contributed by atoms with E-state index in [-0.39, 0.29) is 12.0 Å². The monoisotopic (exact) mass is 213 g/mol. The Kier molecular flexibility index (Phi) is 5.88. The summed E-state index contributed by atoms with van der Waals surface area (Å²) in [5, 5.41) is 3.32. The number of nitrogens with one attached hydrogen (secondary N) is 1. The zero-order valence-corrected chi connectivity index (χ0v) is 9.92. The largest absolute Gasteiger partial charge is 0.379 e. The molecule has 15 heavy (non-hydrogen) atoms. The van der Waals surface area contributed by atoms with Gasteiger partial charge in [-0.25, -0.2) is 0 Å². The first-order valence-electron chi connectivity index (χ1n) is 6.13. The maximum Gasteiger partial charge on any atom is 0.139 e. The lowest BCUT2D eigenvalue weighted by atomic mass is 9.94. The third kappa shape index (κ3) is 3.92. The molecule has 1 N–H and O–H groups in total. The summed E-state index contributed by atoms with van der Waals surface area (Å²) in [7, 11) is 0. The third-order valence-electron chi connectivity index (χ3n) is 2.99. The van der Waals surface area contributed by atoms with Gasteiger partial charge in [-0.3, -0.25) is 4.79 Å². The van der Waals surface area contributed by atoms with Crippen LogP contribution in [0.1, 0.15) is 39.5 Å². The van der Waals surface area contributed by atoms with E-state index in [1.807, 2.05) is 0 Å². The Hall–Kier alpha value is -0.410. The average Bonchev–Trinajstić information content (AvgIpc) is 2.67. The van der Waals surface area contributed by atoms with Crippen molar-refractivity contribution >= 4 is 5.78 Å². The predicted octanol–water partition coefficient (Wildman–Crippen LogP) is 1.76. The molecule has 0 aromatic heterocycles. The second-order valence-corrected chi connectivity index (χ2v) is 4.23. The van der Waals surface area contributed by atoms with Crippen LogP contribution >= 0.6 is 0 Å². The molecule has 0 amide bonds. The Morgan fingerprint density at radius 2 is 2.13 bits per heavy atom. The maximum atomic E-state index is 11.9. The number of ketones is 1. The van der Waals surface area contributed by atoms with Crippen molar-refractivity contribution in [2.45, 2.75) is 45.6 Å². The van der Waals surface area contributed by atoms with Crippen molar-refractivity contribution in [3.63, 3.8) is 0 Å². The van der Waals surface area contributed by atoms with Crippen LogP contribution in [-0.2, 0) is 9.53 Å². The van der Waals surface area contributed by atoms with E-state index in [2.05, 4.69) is 19.2 Å². The highest BCUT2D eigenvalue weighted by atomic mass is 16.5. The molecule has 1 heterocycles. The van der Waals surface area contributed by atoms with Gasteiger partial charge in [-0.05, 0) is 13.0 Å². The van der Waals surface area contributed by atoms with Crippen LogP contribution in [0, 0.1) is 5.92 Å². The number of hydrogen-bond acceptors (Lipinski definition) is 3. The SMILES string of the molecule is CCCCCC(=O)C1COCC1NCC. The normalized spacial score (nSPS) is 25.7. The second kappa shape index (κ2) is 6.96. The Bertz CT molecular complexity index is 194.